The number of rotatable bonds is 10. The molecule has 1 aliphatic heterocycles. The van der Waals surface area contributed by atoms with Crippen LogP contribution in [-0.2, 0) is 12.8 Å². The molecule has 0 spiro atoms. The van der Waals surface area contributed by atoms with Crippen molar-refractivity contribution in [1.82, 2.24) is 14.9 Å². The Morgan fingerprint density at radius 2 is 1.68 bits per heavy atom. The summed E-state index contributed by atoms with van der Waals surface area (Å²) in [5, 5.41) is 0. The summed E-state index contributed by atoms with van der Waals surface area (Å²) in [5.74, 6) is 1.57. The van der Waals surface area contributed by atoms with Gasteiger partial charge in [0.05, 0.1) is 5.69 Å². The van der Waals surface area contributed by atoms with Crippen molar-refractivity contribution in [2.75, 3.05) is 38.1 Å². The summed E-state index contributed by atoms with van der Waals surface area (Å²) < 4.78 is 6.61. The number of ether oxygens (including phenoxy) is 1. The van der Waals surface area contributed by atoms with Gasteiger partial charge in [-0.05, 0) is 57.2 Å². The van der Waals surface area contributed by atoms with E-state index in [1.165, 1.54) is 16.7 Å². The van der Waals surface area contributed by atoms with Gasteiger partial charge in [0.25, 0.3) is 0 Å². The zero-order valence-electron chi connectivity index (χ0n) is 20.4. The van der Waals surface area contributed by atoms with Crippen LogP contribution in [0.3, 0.4) is 0 Å². The number of benzene rings is 1. The van der Waals surface area contributed by atoms with E-state index in [-0.39, 0.29) is 6.10 Å². The molecule has 1 fully saturated rings. The predicted molar refractivity (Wildman–Crippen MR) is 130 cm³/mol. The number of aryl methyl sites for hydroxylation is 3. The molecule has 3 rings (SSSR count). The van der Waals surface area contributed by atoms with E-state index in [1.54, 1.807) is 0 Å². The summed E-state index contributed by atoms with van der Waals surface area (Å²) in [4.78, 5) is 14.9. The number of hydrogen-bond donors (Lipinski definition) is 0. The molecule has 1 saturated heterocycles. The third-order valence-corrected chi connectivity index (χ3v) is 6.18. The molecule has 31 heavy (non-hydrogen) atoms. The lowest BCUT2D eigenvalue weighted by Gasteiger charge is -2.28. The average Bonchev–Trinajstić information content (AvgIpc) is 3.17. The molecule has 170 valence electrons. The highest BCUT2D eigenvalue weighted by atomic mass is 16.5. The topological polar surface area (TPSA) is 41.5 Å². The molecule has 0 aliphatic carbocycles. The number of likely N-dealkylation sites (N-methyl/N-ethyl adjacent to an activating group) is 1. The Bertz CT molecular complexity index is 838. The second-order valence-corrected chi connectivity index (χ2v) is 8.72. The van der Waals surface area contributed by atoms with Crippen LogP contribution in [0.15, 0.2) is 18.2 Å². The fourth-order valence-electron chi connectivity index (χ4n) is 4.65. The maximum absolute atomic E-state index is 6.61. The van der Waals surface area contributed by atoms with Crippen LogP contribution in [0.1, 0.15) is 63.8 Å². The van der Waals surface area contributed by atoms with E-state index < -0.39 is 0 Å². The van der Waals surface area contributed by atoms with Crippen LogP contribution in [0.4, 0.5) is 5.69 Å². The molecule has 0 bridgehead atoms. The van der Waals surface area contributed by atoms with Crippen molar-refractivity contribution in [2.45, 2.75) is 72.8 Å². The van der Waals surface area contributed by atoms with Gasteiger partial charge < -0.3 is 14.5 Å². The van der Waals surface area contributed by atoms with Gasteiger partial charge in [0.1, 0.15) is 11.8 Å². The minimum absolute atomic E-state index is 0.183. The van der Waals surface area contributed by atoms with E-state index in [1.807, 2.05) is 0 Å². The normalized spacial score (nSPS) is 16.6. The number of likely N-dealkylation sites (tertiary alicyclic amines) is 1. The van der Waals surface area contributed by atoms with E-state index in [0.29, 0.717) is 0 Å². The minimum Gasteiger partial charge on any atom is -0.471 e. The largest absolute Gasteiger partial charge is 0.471 e. The Kier molecular flexibility index (Phi) is 8.30. The molecule has 0 saturated carbocycles. The van der Waals surface area contributed by atoms with Crippen molar-refractivity contribution in [2.24, 2.45) is 0 Å². The van der Waals surface area contributed by atoms with E-state index in [4.69, 9.17) is 14.7 Å². The molecule has 5 heteroatoms. The molecule has 0 N–H and O–H groups in total. The van der Waals surface area contributed by atoms with Gasteiger partial charge in [-0.1, -0.05) is 45.9 Å². The van der Waals surface area contributed by atoms with Crippen LogP contribution in [0.2, 0.25) is 0 Å². The second kappa shape index (κ2) is 10.9. The first kappa shape index (κ1) is 23.5. The molecule has 2 aromatic rings. The molecule has 2 heterocycles. The second-order valence-electron chi connectivity index (χ2n) is 8.72. The Labute approximate surface area is 188 Å². The highest BCUT2D eigenvalue weighted by molar-refractivity contribution is 5.69. The van der Waals surface area contributed by atoms with Gasteiger partial charge in [0, 0.05) is 31.7 Å². The summed E-state index contributed by atoms with van der Waals surface area (Å²) in [6.45, 7) is 15.0. The van der Waals surface area contributed by atoms with Gasteiger partial charge in [-0.3, -0.25) is 0 Å². The standard InChI is InChI=1S/C26H40N4O/c1-7-15-30(16-8-2)24-19(5)27-25(23-20(9-3)12-11-13-21(23)10-4)28-26(24)31-22-14-17-29(6)18-22/h11-13,22H,7-10,14-18H2,1-6H3. The highest BCUT2D eigenvalue weighted by Gasteiger charge is 2.26. The summed E-state index contributed by atoms with van der Waals surface area (Å²) in [6.07, 6.45) is 5.34. The summed E-state index contributed by atoms with van der Waals surface area (Å²) >= 11 is 0. The van der Waals surface area contributed by atoms with Crippen LogP contribution in [0.5, 0.6) is 5.88 Å². The summed E-state index contributed by atoms with van der Waals surface area (Å²) in [7, 11) is 2.16. The van der Waals surface area contributed by atoms with E-state index in [2.05, 4.69) is 69.7 Å². The van der Waals surface area contributed by atoms with Crippen molar-refractivity contribution in [1.29, 1.82) is 0 Å². The van der Waals surface area contributed by atoms with Crippen LogP contribution >= 0.6 is 0 Å². The van der Waals surface area contributed by atoms with Gasteiger partial charge >= 0.3 is 0 Å². The molecule has 0 amide bonds. The maximum Gasteiger partial charge on any atom is 0.241 e. The summed E-state index contributed by atoms with van der Waals surface area (Å²) in [6, 6.07) is 6.56. The Balaban J connectivity index is 2.13. The average molecular weight is 425 g/mol. The van der Waals surface area contributed by atoms with Crippen molar-refractivity contribution in [3.63, 3.8) is 0 Å². The van der Waals surface area contributed by atoms with Gasteiger partial charge in [-0.2, -0.15) is 4.98 Å². The molecule has 0 radical (unpaired) electrons. The molecule has 1 atom stereocenters. The lowest BCUT2D eigenvalue weighted by atomic mass is 9.97. The third kappa shape index (κ3) is 5.38. The minimum atomic E-state index is 0.183. The first-order valence-electron chi connectivity index (χ1n) is 12.1. The molecular weight excluding hydrogens is 384 g/mol. The van der Waals surface area contributed by atoms with Crippen LogP contribution in [0, 0.1) is 6.92 Å². The van der Waals surface area contributed by atoms with Crippen molar-refractivity contribution in [3.8, 4) is 17.3 Å². The van der Waals surface area contributed by atoms with E-state index in [9.17, 15) is 0 Å². The highest BCUT2D eigenvalue weighted by Crippen LogP contribution is 2.36. The van der Waals surface area contributed by atoms with Crippen LogP contribution in [0.25, 0.3) is 11.4 Å². The number of anilines is 1. The monoisotopic (exact) mass is 424 g/mol. The van der Waals surface area contributed by atoms with Gasteiger partial charge in [0.2, 0.25) is 5.88 Å². The lowest BCUT2D eigenvalue weighted by molar-refractivity contribution is 0.200. The SMILES string of the molecule is CCCN(CCC)c1c(C)nc(-c2c(CC)cccc2CC)nc1OC1CCN(C)C1. The van der Waals surface area contributed by atoms with Gasteiger partial charge in [-0.15, -0.1) is 0 Å². The van der Waals surface area contributed by atoms with E-state index >= 15 is 0 Å². The predicted octanol–water partition coefficient (Wildman–Crippen LogP) is 5.29. The van der Waals surface area contributed by atoms with E-state index in [0.717, 1.165) is 81.4 Å². The van der Waals surface area contributed by atoms with Crippen LogP contribution in [-0.4, -0.2) is 54.2 Å². The Morgan fingerprint density at radius 1 is 1.03 bits per heavy atom. The fourth-order valence-corrected chi connectivity index (χ4v) is 4.65. The molecule has 1 aromatic carbocycles. The van der Waals surface area contributed by atoms with Crippen molar-refractivity contribution in [3.05, 3.63) is 35.0 Å². The van der Waals surface area contributed by atoms with Crippen LogP contribution < -0.4 is 9.64 Å². The Morgan fingerprint density at radius 3 is 2.19 bits per heavy atom. The molecule has 1 unspecified atom stereocenters. The Hall–Kier alpha value is -2.14. The summed E-state index contributed by atoms with van der Waals surface area (Å²) in [5.41, 5.74) is 5.89. The molecule has 5 nitrogen and oxygen atoms in total. The first-order valence-corrected chi connectivity index (χ1v) is 12.1. The van der Waals surface area contributed by atoms with Crippen molar-refractivity contribution < 1.29 is 4.74 Å². The quantitative estimate of drug-likeness (QED) is 0.519. The molecule has 1 aliphatic rings. The zero-order chi connectivity index (χ0) is 22.4. The third-order valence-electron chi connectivity index (χ3n) is 6.18. The first-order chi connectivity index (χ1) is 15.0. The zero-order valence-corrected chi connectivity index (χ0v) is 20.4. The fraction of sp³-hybridized carbons (Fsp3) is 0.615. The lowest BCUT2D eigenvalue weighted by Crippen LogP contribution is -2.29. The number of hydrogen-bond acceptors (Lipinski definition) is 5. The van der Waals surface area contributed by atoms with Gasteiger partial charge in [0.15, 0.2) is 5.82 Å². The smallest absolute Gasteiger partial charge is 0.241 e. The molecular formula is C26H40N4O. The number of nitrogens with zero attached hydrogens (tertiary/aromatic N) is 4. The van der Waals surface area contributed by atoms with Crippen molar-refractivity contribution >= 4 is 5.69 Å². The molecule has 1 aromatic heterocycles. The maximum atomic E-state index is 6.61. The number of aromatic nitrogens is 2. The van der Waals surface area contributed by atoms with Gasteiger partial charge in [-0.25, -0.2) is 4.98 Å².